The lowest BCUT2D eigenvalue weighted by Gasteiger charge is -2.41. The van der Waals surface area contributed by atoms with Crippen LogP contribution in [0.2, 0.25) is 0 Å². The van der Waals surface area contributed by atoms with Crippen molar-refractivity contribution < 1.29 is 74.6 Å². The largest absolute Gasteiger partial charge is 0.388 e. The number of carbonyl (C=O) groups is 3. The molecule has 0 aliphatic carbocycles. The number of carbonyl (C=O) groups excluding carboxylic acids is 3. The summed E-state index contributed by atoms with van der Waals surface area (Å²) in [5.74, 6) is -2.22. The summed E-state index contributed by atoms with van der Waals surface area (Å²) in [5, 5.41) is 100. The van der Waals surface area contributed by atoms with Crippen molar-refractivity contribution in [1.29, 1.82) is 0 Å². The van der Waals surface area contributed by atoms with Crippen LogP contribution in [0.5, 0.6) is 0 Å². The normalized spacial score (nSPS) is 48.2. The third-order valence-corrected chi connectivity index (χ3v) is 8.09. The molecule has 0 spiro atoms. The van der Waals surface area contributed by atoms with Gasteiger partial charge < -0.3 is 76.1 Å². The van der Waals surface area contributed by atoms with Gasteiger partial charge in [-0.2, -0.15) is 0 Å². The zero-order chi connectivity index (χ0) is 30.9. The Morgan fingerprint density at radius 2 is 0.595 bits per heavy atom. The number of ether oxygens (including phenoxy) is 3. The van der Waals surface area contributed by atoms with Gasteiger partial charge in [-0.25, -0.2) is 0 Å². The first-order valence-electron chi connectivity index (χ1n) is 13.7. The predicted octanol–water partition coefficient (Wildman–Crippen LogP) is -7.93. The molecule has 4 saturated heterocycles. The summed E-state index contributed by atoms with van der Waals surface area (Å²) in [6.45, 7) is -1.17. The molecule has 4 aliphatic heterocycles. The molecule has 0 radical (unpaired) electrons. The zero-order valence-electron chi connectivity index (χ0n) is 22.4. The van der Waals surface area contributed by atoms with Gasteiger partial charge in [0.25, 0.3) is 0 Å². The molecule has 0 aromatic heterocycles. The van der Waals surface area contributed by atoms with Crippen LogP contribution < -0.4 is 16.0 Å². The molecule has 0 unspecified atom stereocenters. The summed E-state index contributed by atoms with van der Waals surface area (Å²) in [6, 6.07) is 0. The number of fused-ring (bicyclic) bond motifs is 6. The van der Waals surface area contributed by atoms with Gasteiger partial charge in [-0.15, -0.1) is 0 Å². The van der Waals surface area contributed by atoms with E-state index in [-0.39, 0.29) is 19.6 Å². The summed E-state index contributed by atoms with van der Waals surface area (Å²) >= 11 is 0. The number of aliphatic hydroxyl groups is 9. The van der Waals surface area contributed by atoms with E-state index in [0.717, 1.165) is 0 Å². The standard InChI is InChI=1S/C24H39N3O15/c28-13-1-7-16(31)22(37)19(34)10(40-7)5-26-14(29)3-9-18(33)24(39)21(36)12(42-9)6-27-15(30)2-8-17(32)23(38)20(35)11(41-8)4-25-13/h7-12,16-24,31-39H,1-6H2,(H,25,28)(H,26,29)(H,27,30)/t7-,8-,9-,10-,11-,12-,16+,17+,18+,19-,20-,21-,22-,23-,24-/m1/s1. The Balaban J connectivity index is 1.54. The Hall–Kier alpha value is -2.07. The fourth-order valence-electron chi connectivity index (χ4n) is 5.50. The molecule has 240 valence electrons. The molecule has 18 heteroatoms. The van der Waals surface area contributed by atoms with Crippen LogP contribution in [0.15, 0.2) is 0 Å². The maximum atomic E-state index is 12.6. The van der Waals surface area contributed by atoms with Gasteiger partial charge in [0, 0.05) is 19.6 Å². The Kier molecular flexibility index (Phi) is 10.7. The predicted molar refractivity (Wildman–Crippen MR) is 133 cm³/mol. The van der Waals surface area contributed by atoms with E-state index >= 15 is 0 Å². The van der Waals surface area contributed by atoms with Crippen LogP contribution in [0, 0.1) is 0 Å². The minimum absolute atomic E-state index is 0.390. The van der Waals surface area contributed by atoms with E-state index in [1.165, 1.54) is 0 Å². The van der Waals surface area contributed by atoms with Gasteiger partial charge in [-0.3, -0.25) is 14.4 Å². The molecular formula is C24H39N3O15. The lowest BCUT2D eigenvalue weighted by molar-refractivity contribution is -0.223. The summed E-state index contributed by atoms with van der Waals surface area (Å²) < 4.78 is 16.8. The van der Waals surface area contributed by atoms with Crippen molar-refractivity contribution in [2.24, 2.45) is 0 Å². The highest BCUT2D eigenvalue weighted by molar-refractivity contribution is 5.77. The Bertz CT molecular complexity index is 857. The number of nitrogens with one attached hydrogen (secondary N) is 3. The summed E-state index contributed by atoms with van der Waals surface area (Å²) in [4.78, 5) is 37.9. The van der Waals surface area contributed by atoms with E-state index < -0.39 is 129 Å². The smallest absolute Gasteiger partial charge is 0.222 e. The first-order chi connectivity index (χ1) is 19.8. The first kappa shape index (κ1) is 32.8. The second-order valence-electron chi connectivity index (χ2n) is 11.1. The van der Waals surface area contributed by atoms with E-state index in [2.05, 4.69) is 16.0 Å². The molecule has 15 atom stereocenters. The molecule has 6 bridgehead atoms. The third kappa shape index (κ3) is 7.17. The minimum atomic E-state index is -1.74. The molecule has 42 heavy (non-hydrogen) atoms. The van der Waals surface area contributed by atoms with E-state index in [1.54, 1.807) is 0 Å². The molecule has 18 nitrogen and oxygen atoms in total. The van der Waals surface area contributed by atoms with Crippen LogP contribution in [0.1, 0.15) is 19.3 Å². The molecule has 0 saturated carbocycles. The third-order valence-electron chi connectivity index (χ3n) is 8.09. The van der Waals surface area contributed by atoms with Gasteiger partial charge in [0.15, 0.2) is 0 Å². The van der Waals surface area contributed by atoms with Crippen LogP contribution >= 0.6 is 0 Å². The van der Waals surface area contributed by atoms with Crippen LogP contribution in [0.4, 0.5) is 0 Å². The van der Waals surface area contributed by atoms with Crippen molar-refractivity contribution >= 4 is 17.7 Å². The highest BCUT2D eigenvalue weighted by Gasteiger charge is 2.47. The van der Waals surface area contributed by atoms with Gasteiger partial charge in [0.1, 0.15) is 73.2 Å². The van der Waals surface area contributed by atoms with Crippen molar-refractivity contribution in [2.75, 3.05) is 19.6 Å². The van der Waals surface area contributed by atoms with Crippen molar-refractivity contribution in [2.45, 2.75) is 111 Å². The molecule has 4 aliphatic rings. The lowest BCUT2D eigenvalue weighted by Crippen LogP contribution is -2.61. The van der Waals surface area contributed by atoms with Gasteiger partial charge in [-0.05, 0) is 0 Å². The molecule has 4 fully saturated rings. The number of rotatable bonds is 0. The van der Waals surface area contributed by atoms with Crippen molar-refractivity contribution in [1.82, 2.24) is 16.0 Å². The second kappa shape index (κ2) is 13.7. The molecule has 4 heterocycles. The van der Waals surface area contributed by atoms with Gasteiger partial charge >= 0.3 is 0 Å². The number of amides is 3. The molecule has 0 aromatic carbocycles. The molecule has 0 aromatic rings. The SMILES string of the molecule is O=C1C[C@H]2O[C@H](CNC(=O)C[C@H]3O[C@H](CNC(=O)C[C@H]4O[C@H](CN1)[C@@H](O)[C@H](O)[C@H]4O)[C@@H](O)[C@H](O)[C@H]3O)[C@@H](O)[C@H](O)[C@H]2O. The zero-order valence-corrected chi connectivity index (χ0v) is 22.4. The minimum Gasteiger partial charge on any atom is -0.388 e. The quantitative estimate of drug-likeness (QED) is 0.121. The maximum absolute atomic E-state index is 12.6. The lowest BCUT2D eigenvalue weighted by atomic mass is 9.92. The first-order valence-corrected chi connectivity index (χ1v) is 13.7. The summed E-state index contributed by atoms with van der Waals surface area (Å²) in [5.41, 5.74) is 0. The number of hydrogen-bond donors (Lipinski definition) is 12. The van der Waals surface area contributed by atoms with Gasteiger partial charge in [-0.1, -0.05) is 0 Å². The fourth-order valence-corrected chi connectivity index (χ4v) is 5.50. The van der Waals surface area contributed by atoms with E-state index in [0.29, 0.717) is 0 Å². The summed E-state index contributed by atoms with van der Waals surface area (Å²) in [6.07, 6.45) is -24.7. The maximum Gasteiger partial charge on any atom is 0.222 e. The molecule has 4 rings (SSSR count). The van der Waals surface area contributed by atoms with Crippen LogP contribution in [0.25, 0.3) is 0 Å². The van der Waals surface area contributed by atoms with E-state index in [9.17, 15) is 60.3 Å². The Morgan fingerprint density at radius 1 is 0.381 bits per heavy atom. The molecule has 3 amide bonds. The average Bonchev–Trinajstić information content (AvgIpc) is 2.95. The fraction of sp³-hybridized carbons (Fsp3) is 0.875. The highest BCUT2D eigenvalue weighted by Crippen LogP contribution is 2.26. The van der Waals surface area contributed by atoms with Crippen LogP contribution in [-0.2, 0) is 28.6 Å². The molecule has 12 N–H and O–H groups in total. The van der Waals surface area contributed by atoms with Gasteiger partial charge in [0.2, 0.25) is 17.7 Å². The Morgan fingerprint density at radius 3 is 0.833 bits per heavy atom. The van der Waals surface area contributed by atoms with Crippen LogP contribution in [0.3, 0.4) is 0 Å². The monoisotopic (exact) mass is 609 g/mol. The average molecular weight is 610 g/mol. The molecular weight excluding hydrogens is 570 g/mol. The van der Waals surface area contributed by atoms with E-state index in [4.69, 9.17) is 14.2 Å². The van der Waals surface area contributed by atoms with E-state index in [1.807, 2.05) is 0 Å². The topological polar surface area (TPSA) is 297 Å². The highest BCUT2D eigenvalue weighted by atomic mass is 16.5. The van der Waals surface area contributed by atoms with Crippen molar-refractivity contribution in [3.8, 4) is 0 Å². The number of hydrogen-bond acceptors (Lipinski definition) is 15. The van der Waals surface area contributed by atoms with Crippen LogP contribution in [-0.4, -0.2) is 175 Å². The Labute approximate surface area is 239 Å². The van der Waals surface area contributed by atoms with Gasteiger partial charge in [0.05, 0.1) is 37.6 Å². The number of aliphatic hydroxyl groups excluding tert-OH is 9. The summed E-state index contributed by atoms with van der Waals surface area (Å²) in [7, 11) is 0. The second-order valence-corrected chi connectivity index (χ2v) is 11.1. The van der Waals surface area contributed by atoms with Crippen molar-refractivity contribution in [3.05, 3.63) is 0 Å². The van der Waals surface area contributed by atoms with Crippen molar-refractivity contribution in [3.63, 3.8) is 0 Å².